The van der Waals surface area contributed by atoms with Crippen molar-refractivity contribution >= 4 is 23.9 Å². The van der Waals surface area contributed by atoms with Gasteiger partial charge in [-0.25, -0.2) is 4.79 Å². The van der Waals surface area contributed by atoms with Gasteiger partial charge in [-0.15, -0.1) is 0 Å². The molecule has 1 aromatic heterocycles. The Morgan fingerprint density at radius 3 is 2.43 bits per heavy atom. The van der Waals surface area contributed by atoms with Crippen molar-refractivity contribution in [2.75, 3.05) is 20.8 Å². The molecule has 2 aromatic rings. The average molecular weight is 388 g/mol. The van der Waals surface area contributed by atoms with Crippen molar-refractivity contribution in [2.45, 2.75) is 6.92 Å². The third-order valence-corrected chi connectivity index (χ3v) is 3.45. The molecule has 1 aromatic carbocycles. The van der Waals surface area contributed by atoms with Crippen molar-refractivity contribution in [2.24, 2.45) is 0 Å². The van der Waals surface area contributed by atoms with E-state index in [9.17, 15) is 14.4 Å². The second-order valence-corrected chi connectivity index (χ2v) is 5.46. The molecule has 0 spiro atoms. The Labute approximate surface area is 161 Å². The normalized spacial score (nSPS) is 10.4. The number of hydrogen-bond acceptors (Lipinski definition) is 7. The van der Waals surface area contributed by atoms with E-state index in [2.05, 4.69) is 10.9 Å². The Balaban J connectivity index is 1.78. The highest BCUT2D eigenvalue weighted by Crippen LogP contribution is 2.27. The number of aryl methyl sites for hydroxylation is 1. The van der Waals surface area contributed by atoms with Crippen molar-refractivity contribution in [1.82, 2.24) is 10.9 Å². The van der Waals surface area contributed by atoms with Gasteiger partial charge in [0.25, 0.3) is 11.8 Å². The van der Waals surface area contributed by atoms with E-state index in [4.69, 9.17) is 18.6 Å². The van der Waals surface area contributed by atoms with Crippen LogP contribution < -0.4 is 20.3 Å². The molecule has 0 saturated heterocycles. The number of hydrazine groups is 1. The molecule has 2 rings (SSSR count). The molecular formula is C19H20N2O7. The van der Waals surface area contributed by atoms with E-state index >= 15 is 0 Å². The number of nitrogens with one attached hydrogen (secondary N) is 2. The fraction of sp³-hybridized carbons (Fsp3) is 0.211. The van der Waals surface area contributed by atoms with Crippen LogP contribution in [0.3, 0.4) is 0 Å². The summed E-state index contributed by atoms with van der Waals surface area (Å²) in [6, 6.07) is 7.96. The molecule has 0 aliphatic heterocycles. The van der Waals surface area contributed by atoms with Gasteiger partial charge < -0.3 is 18.6 Å². The van der Waals surface area contributed by atoms with Crippen LogP contribution in [0.25, 0.3) is 6.08 Å². The molecule has 0 atom stereocenters. The van der Waals surface area contributed by atoms with Gasteiger partial charge in [-0.1, -0.05) is 0 Å². The second kappa shape index (κ2) is 9.81. The minimum atomic E-state index is -0.726. The molecule has 9 nitrogen and oxygen atoms in total. The van der Waals surface area contributed by atoms with Crippen molar-refractivity contribution < 1.29 is 33.0 Å². The monoisotopic (exact) mass is 388 g/mol. The maximum atomic E-state index is 12.1. The number of esters is 1. The van der Waals surface area contributed by atoms with Crippen LogP contribution in [-0.4, -0.2) is 38.6 Å². The van der Waals surface area contributed by atoms with Crippen molar-refractivity contribution in [1.29, 1.82) is 0 Å². The summed E-state index contributed by atoms with van der Waals surface area (Å²) in [5.74, 6) is 0.0222. The number of ether oxygens (including phenoxy) is 3. The van der Waals surface area contributed by atoms with Gasteiger partial charge in [-0.3, -0.25) is 20.4 Å². The van der Waals surface area contributed by atoms with Gasteiger partial charge in [-0.2, -0.15) is 0 Å². The van der Waals surface area contributed by atoms with Crippen LogP contribution in [0.4, 0.5) is 0 Å². The van der Waals surface area contributed by atoms with E-state index in [0.717, 1.165) is 6.08 Å². The number of carbonyl (C=O) groups excluding carboxylic acids is 3. The van der Waals surface area contributed by atoms with Crippen molar-refractivity contribution in [3.8, 4) is 11.5 Å². The van der Waals surface area contributed by atoms with E-state index in [-0.39, 0.29) is 5.56 Å². The summed E-state index contributed by atoms with van der Waals surface area (Å²) >= 11 is 0. The first kappa shape index (κ1) is 20.6. The van der Waals surface area contributed by atoms with Gasteiger partial charge in [0.2, 0.25) is 0 Å². The summed E-state index contributed by atoms with van der Waals surface area (Å²) in [6.45, 7) is 1.21. The van der Waals surface area contributed by atoms with Crippen LogP contribution in [0, 0.1) is 6.92 Å². The molecule has 0 unspecified atom stereocenters. The number of carbonyl (C=O) groups is 3. The number of rotatable bonds is 7. The zero-order chi connectivity index (χ0) is 20.5. The van der Waals surface area contributed by atoms with Crippen LogP contribution in [0.1, 0.15) is 21.9 Å². The molecule has 0 bridgehead atoms. The number of hydrogen-bond donors (Lipinski definition) is 2. The van der Waals surface area contributed by atoms with E-state index in [1.54, 1.807) is 25.1 Å². The number of benzene rings is 1. The minimum absolute atomic E-state index is 0.242. The van der Waals surface area contributed by atoms with Crippen molar-refractivity contribution in [3.05, 3.63) is 53.5 Å². The van der Waals surface area contributed by atoms with Crippen LogP contribution in [0.2, 0.25) is 0 Å². The highest BCUT2D eigenvalue weighted by Gasteiger charge is 2.12. The Bertz CT molecular complexity index is 886. The molecule has 2 amide bonds. The summed E-state index contributed by atoms with van der Waals surface area (Å²) in [4.78, 5) is 35.3. The van der Waals surface area contributed by atoms with E-state index in [1.807, 2.05) is 0 Å². The maximum absolute atomic E-state index is 12.1. The van der Waals surface area contributed by atoms with E-state index in [1.165, 1.54) is 32.4 Å². The quantitative estimate of drug-likeness (QED) is 0.421. The summed E-state index contributed by atoms with van der Waals surface area (Å²) in [5.41, 5.74) is 4.60. The fourth-order valence-electron chi connectivity index (χ4n) is 2.09. The maximum Gasteiger partial charge on any atom is 0.331 e. The Morgan fingerprint density at radius 2 is 1.79 bits per heavy atom. The molecule has 1 heterocycles. The standard InChI is InChI=1S/C19H20N2O7/c1-12-4-6-14(28-12)7-9-18(23)27-11-17(22)20-21-19(24)13-5-8-15(25-2)16(10-13)26-3/h4-10H,11H2,1-3H3,(H,20,22)(H,21,24)/b9-7+. The predicted octanol–water partition coefficient (Wildman–Crippen LogP) is 1.62. The number of amides is 2. The number of furan rings is 1. The predicted molar refractivity (Wildman–Crippen MR) is 98.6 cm³/mol. The fourth-order valence-corrected chi connectivity index (χ4v) is 2.09. The van der Waals surface area contributed by atoms with Gasteiger partial charge in [0.1, 0.15) is 11.5 Å². The second-order valence-electron chi connectivity index (χ2n) is 5.46. The lowest BCUT2D eigenvalue weighted by Crippen LogP contribution is -2.43. The van der Waals surface area contributed by atoms with Crippen LogP contribution in [-0.2, 0) is 14.3 Å². The molecule has 2 N–H and O–H groups in total. The molecule has 0 saturated carbocycles. The molecular weight excluding hydrogens is 368 g/mol. The Kier molecular flexibility index (Phi) is 7.21. The van der Waals surface area contributed by atoms with Crippen LogP contribution in [0.5, 0.6) is 11.5 Å². The first-order valence-electron chi connectivity index (χ1n) is 8.15. The summed E-state index contributed by atoms with van der Waals surface area (Å²) < 4.78 is 20.2. The molecule has 0 aliphatic carbocycles. The highest BCUT2D eigenvalue weighted by atomic mass is 16.5. The largest absolute Gasteiger partial charge is 0.493 e. The van der Waals surface area contributed by atoms with Gasteiger partial charge in [0.05, 0.1) is 14.2 Å². The smallest absolute Gasteiger partial charge is 0.331 e. The Hall–Kier alpha value is -3.75. The highest BCUT2D eigenvalue weighted by molar-refractivity contribution is 5.96. The molecule has 0 fully saturated rings. The summed E-state index contributed by atoms with van der Waals surface area (Å²) in [7, 11) is 2.92. The minimum Gasteiger partial charge on any atom is -0.493 e. The number of methoxy groups -OCH3 is 2. The molecule has 9 heteroatoms. The lowest BCUT2D eigenvalue weighted by molar-refractivity contribution is -0.144. The first-order valence-corrected chi connectivity index (χ1v) is 8.15. The summed E-state index contributed by atoms with van der Waals surface area (Å²) in [5, 5.41) is 0. The molecule has 28 heavy (non-hydrogen) atoms. The molecule has 0 radical (unpaired) electrons. The molecule has 148 valence electrons. The topological polar surface area (TPSA) is 116 Å². The third-order valence-electron chi connectivity index (χ3n) is 3.45. The third kappa shape index (κ3) is 5.90. The van der Waals surface area contributed by atoms with Crippen LogP contribution >= 0.6 is 0 Å². The zero-order valence-corrected chi connectivity index (χ0v) is 15.6. The summed E-state index contributed by atoms with van der Waals surface area (Å²) in [6.07, 6.45) is 2.56. The van der Waals surface area contributed by atoms with E-state index in [0.29, 0.717) is 23.0 Å². The van der Waals surface area contributed by atoms with Gasteiger partial charge in [0.15, 0.2) is 18.1 Å². The lowest BCUT2D eigenvalue weighted by atomic mass is 10.2. The zero-order valence-electron chi connectivity index (χ0n) is 15.6. The lowest BCUT2D eigenvalue weighted by Gasteiger charge is -2.10. The van der Waals surface area contributed by atoms with Gasteiger partial charge in [0, 0.05) is 11.6 Å². The van der Waals surface area contributed by atoms with Crippen LogP contribution in [0.15, 0.2) is 40.8 Å². The Morgan fingerprint density at radius 1 is 1.04 bits per heavy atom. The SMILES string of the molecule is COc1ccc(C(=O)NNC(=O)COC(=O)/C=C/c2ccc(C)o2)cc1OC. The average Bonchev–Trinajstić information content (AvgIpc) is 3.13. The molecule has 0 aliphatic rings. The van der Waals surface area contributed by atoms with E-state index < -0.39 is 24.4 Å². The van der Waals surface area contributed by atoms with Gasteiger partial charge >= 0.3 is 5.97 Å². The van der Waals surface area contributed by atoms with Crippen molar-refractivity contribution in [3.63, 3.8) is 0 Å². The van der Waals surface area contributed by atoms with Gasteiger partial charge in [-0.05, 0) is 43.3 Å². The first-order chi connectivity index (χ1) is 13.4.